The molecular weight excluding hydrogens is 270 g/mol. The fourth-order valence-corrected chi connectivity index (χ4v) is 2.88. The van der Waals surface area contributed by atoms with Crippen LogP contribution in [0.4, 0.5) is 0 Å². The molecule has 1 fully saturated rings. The van der Waals surface area contributed by atoms with E-state index in [-0.39, 0.29) is 12.3 Å². The van der Waals surface area contributed by atoms with Gasteiger partial charge < -0.3 is 14.7 Å². The number of hydrogen-bond donors (Lipinski definition) is 1. The Morgan fingerprint density at radius 3 is 2.81 bits per heavy atom. The number of carbonyl (C=O) groups is 2. The molecule has 5 heteroatoms. The standard InChI is InChI=1S/C16H21NO4/c1-3-8-17-14(18)10-13(16(19)20)15(17)11-6-5-7-12(9-11)21-4-2/h5-7,9,13,15H,3-4,8,10H2,1-2H3,(H,19,20). The molecule has 114 valence electrons. The Kier molecular flexibility index (Phi) is 4.83. The third-order valence-corrected chi connectivity index (χ3v) is 3.72. The van der Waals surface area contributed by atoms with Gasteiger partial charge >= 0.3 is 5.97 Å². The maximum atomic E-state index is 12.1. The summed E-state index contributed by atoms with van der Waals surface area (Å²) in [6, 6.07) is 6.97. The maximum Gasteiger partial charge on any atom is 0.309 e. The van der Waals surface area contributed by atoms with Gasteiger partial charge in [0.2, 0.25) is 5.91 Å². The molecule has 0 bridgehead atoms. The SMILES string of the molecule is CCCN1C(=O)CC(C(=O)O)C1c1cccc(OCC)c1. The van der Waals surface area contributed by atoms with Gasteiger partial charge in [0.25, 0.3) is 0 Å². The monoisotopic (exact) mass is 291 g/mol. The topological polar surface area (TPSA) is 66.8 Å². The lowest BCUT2D eigenvalue weighted by molar-refractivity contribution is -0.142. The summed E-state index contributed by atoms with van der Waals surface area (Å²) in [4.78, 5) is 25.3. The van der Waals surface area contributed by atoms with E-state index in [1.54, 1.807) is 4.90 Å². The van der Waals surface area contributed by atoms with Crippen molar-refractivity contribution in [3.63, 3.8) is 0 Å². The van der Waals surface area contributed by atoms with E-state index < -0.39 is 17.9 Å². The van der Waals surface area contributed by atoms with Crippen molar-refractivity contribution >= 4 is 11.9 Å². The van der Waals surface area contributed by atoms with E-state index in [0.29, 0.717) is 18.9 Å². The fourth-order valence-electron chi connectivity index (χ4n) is 2.88. The first-order chi connectivity index (χ1) is 10.1. The van der Waals surface area contributed by atoms with E-state index in [4.69, 9.17) is 4.74 Å². The number of rotatable bonds is 6. The largest absolute Gasteiger partial charge is 0.494 e. The Bertz CT molecular complexity index is 529. The van der Waals surface area contributed by atoms with Gasteiger partial charge in [0, 0.05) is 13.0 Å². The zero-order chi connectivity index (χ0) is 15.4. The van der Waals surface area contributed by atoms with Gasteiger partial charge in [-0.25, -0.2) is 0 Å². The molecule has 5 nitrogen and oxygen atoms in total. The number of carboxylic acids is 1. The van der Waals surface area contributed by atoms with Gasteiger partial charge in [0.1, 0.15) is 5.75 Å². The number of aliphatic carboxylic acids is 1. The zero-order valence-electron chi connectivity index (χ0n) is 12.4. The van der Waals surface area contributed by atoms with E-state index >= 15 is 0 Å². The Hall–Kier alpha value is -2.04. The van der Waals surface area contributed by atoms with Crippen LogP contribution in [0, 0.1) is 5.92 Å². The molecule has 0 radical (unpaired) electrons. The van der Waals surface area contributed by atoms with Crippen molar-refractivity contribution in [3.8, 4) is 5.75 Å². The molecule has 0 spiro atoms. The van der Waals surface area contributed by atoms with Crippen LogP contribution in [-0.4, -0.2) is 35.0 Å². The quantitative estimate of drug-likeness (QED) is 0.874. The van der Waals surface area contributed by atoms with Crippen LogP contribution in [-0.2, 0) is 9.59 Å². The van der Waals surface area contributed by atoms with Crippen molar-refractivity contribution in [2.75, 3.05) is 13.2 Å². The fraction of sp³-hybridized carbons (Fsp3) is 0.500. The number of benzene rings is 1. The molecule has 0 aromatic heterocycles. The summed E-state index contributed by atoms with van der Waals surface area (Å²) in [5, 5.41) is 9.41. The molecule has 0 saturated carbocycles. The molecule has 1 N–H and O–H groups in total. The summed E-state index contributed by atoms with van der Waals surface area (Å²) in [7, 11) is 0. The first kappa shape index (κ1) is 15.4. The van der Waals surface area contributed by atoms with Gasteiger partial charge in [-0.05, 0) is 31.0 Å². The normalized spacial score (nSPS) is 21.6. The Labute approximate surface area is 124 Å². The smallest absolute Gasteiger partial charge is 0.309 e. The summed E-state index contributed by atoms with van der Waals surface area (Å²) in [5.74, 6) is -0.999. The number of nitrogens with zero attached hydrogens (tertiary/aromatic N) is 1. The van der Waals surface area contributed by atoms with Gasteiger partial charge in [-0.1, -0.05) is 19.1 Å². The number of carbonyl (C=O) groups excluding carboxylic acids is 1. The lowest BCUT2D eigenvalue weighted by Gasteiger charge is -2.27. The van der Waals surface area contributed by atoms with Crippen LogP contribution in [0.15, 0.2) is 24.3 Å². The third kappa shape index (κ3) is 3.17. The van der Waals surface area contributed by atoms with Crippen LogP contribution >= 0.6 is 0 Å². The van der Waals surface area contributed by atoms with Crippen molar-refractivity contribution in [3.05, 3.63) is 29.8 Å². The Morgan fingerprint density at radius 1 is 1.43 bits per heavy atom. The first-order valence-electron chi connectivity index (χ1n) is 7.33. The van der Waals surface area contributed by atoms with Crippen molar-refractivity contribution in [1.82, 2.24) is 4.90 Å². The molecule has 1 aromatic rings. The molecular formula is C16H21NO4. The molecule has 0 aliphatic carbocycles. The summed E-state index contributed by atoms with van der Waals surface area (Å²) < 4.78 is 5.47. The van der Waals surface area contributed by atoms with E-state index in [2.05, 4.69) is 0 Å². The Morgan fingerprint density at radius 2 is 2.19 bits per heavy atom. The van der Waals surface area contributed by atoms with Crippen LogP contribution in [0.25, 0.3) is 0 Å². The highest BCUT2D eigenvalue weighted by molar-refractivity contribution is 5.87. The highest BCUT2D eigenvalue weighted by atomic mass is 16.5. The second kappa shape index (κ2) is 6.61. The van der Waals surface area contributed by atoms with Crippen LogP contribution in [0.3, 0.4) is 0 Å². The second-order valence-electron chi connectivity index (χ2n) is 5.19. The Balaban J connectivity index is 2.37. The molecule has 1 heterocycles. The molecule has 2 rings (SSSR count). The van der Waals surface area contributed by atoms with Crippen molar-refractivity contribution in [1.29, 1.82) is 0 Å². The summed E-state index contributed by atoms with van der Waals surface area (Å²) >= 11 is 0. The molecule has 2 unspecified atom stereocenters. The lowest BCUT2D eigenvalue weighted by atomic mass is 9.93. The highest BCUT2D eigenvalue weighted by Crippen LogP contribution is 2.39. The molecule has 2 atom stereocenters. The van der Waals surface area contributed by atoms with Gasteiger partial charge in [0.05, 0.1) is 18.6 Å². The predicted molar refractivity (Wildman–Crippen MR) is 78.1 cm³/mol. The minimum Gasteiger partial charge on any atom is -0.494 e. The van der Waals surface area contributed by atoms with Gasteiger partial charge in [-0.2, -0.15) is 0 Å². The average molecular weight is 291 g/mol. The van der Waals surface area contributed by atoms with Crippen molar-refractivity contribution < 1.29 is 19.4 Å². The average Bonchev–Trinajstić information content (AvgIpc) is 2.78. The highest BCUT2D eigenvalue weighted by Gasteiger charge is 2.44. The van der Waals surface area contributed by atoms with Gasteiger partial charge in [-0.15, -0.1) is 0 Å². The number of carboxylic acid groups (broad SMARTS) is 1. The lowest BCUT2D eigenvalue weighted by Crippen LogP contribution is -2.31. The van der Waals surface area contributed by atoms with E-state index in [9.17, 15) is 14.7 Å². The third-order valence-electron chi connectivity index (χ3n) is 3.72. The molecule has 1 amide bonds. The van der Waals surface area contributed by atoms with Gasteiger partial charge in [-0.3, -0.25) is 9.59 Å². The molecule has 21 heavy (non-hydrogen) atoms. The number of ether oxygens (including phenoxy) is 1. The molecule has 1 saturated heterocycles. The maximum absolute atomic E-state index is 12.1. The summed E-state index contributed by atoms with van der Waals surface area (Å²) in [5.41, 5.74) is 0.827. The molecule has 1 aliphatic heterocycles. The van der Waals surface area contributed by atoms with Crippen LogP contribution in [0.1, 0.15) is 38.3 Å². The summed E-state index contributed by atoms with van der Waals surface area (Å²) in [6.07, 6.45) is 0.874. The second-order valence-corrected chi connectivity index (χ2v) is 5.19. The van der Waals surface area contributed by atoms with Gasteiger partial charge in [0.15, 0.2) is 0 Å². The van der Waals surface area contributed by atoms with Crippen LogP contribution < -0.4 is 4.74 Å². The van der Waals surface area contributed by atoms with E-state index in [1.165, 1.54) is 0 Å². The number of hydrogen-bond acceptors (Lipinski definition) is 3. The van der Waals surface area contributed by atoms with Crippen molar-refractivity contribution in [2.45, 2.75) is 32.7 Å². The van der Waals surface area contributed by atoms with Crippen molar-refractivity contribution in [2.24, 2.45) is 5.92 Å². The van der Waals surface area contributed by atoms with E-state index in [0.717, 1.165) is 12.0 Å². The minimum absolute atomic E-state index is 0.0683. The number of amides is 1. The first-order valence-corrected chi connectivity index (χ1v) is 7.33. The van der Waals surface area contributed by atoms with Crippen LogP contribution in [0.5, 0.6) is 5.75 Å². The number of likely N-dealkylation sites (tertiary alicyclic amines) is 1. The minimum atomic E-state index is -0.922. The molecule has 1 aromatic carbocycles. The summed E-state index contributed by atoms with van der Waals surface area (Å²) in [6.45, 7) is 5.00. The predicted octanol–water partition coefficient (Wildman–Crippen LogP) is 2.47. The molecule has 1 aliphatic rings. The van der Waals surface area contributed by atoms with E-state index in [1.807, 2.05) is 38.1 Å². The van der Waals surface area contributed by atoms with Crippen LogP contribution in [0.2, 0.25) is 0 Å². The zero-order valence-corrected chi connectivity index (χ0v) is 12.4.